The van der Waals surface area contributed by atoms with Crippen LogP contribution in [0.5, 0.6) is 0 Å². The minimum absolute atomic E-state index is 0.0421. The molecule has 0 amide bonds. The van der Waals surface area contributed by atoms with Crippen LogP contribution in [0.3, 0.4) is 0 Å². The van der Waals surface area contributed by atoms with Crippen molar-refractivity contribution in [1.29, 1.82) is 0 Å². The van der Waals surface area contributed by atoms with E-state index in [1.807, 2.05) is 6.07 Å². The van der Waals surface area contributed by atoms with Crippen LogP contribution in [-0.2, 0) is 10.0 Å². The predicted molar refractivity (Wildman–Crippen MR) is 108 cm³/mol. The molecule has 2 saturated heterocycles. The maximum absolute atomic E-state index is 13.5. The highest BCUT2D eigenvalue weighted by molar-refractivity contribution is 7.89. The fourth-order valence-electron chi connectivity index (χ4n) is 4.82. The zero-order valence-electron chi connectivity index (χ0n) is 16.4. The largest absolute Gasteiger partial charge is 0.293 e. The fourth-order valence-corrected chi connectivity index (χ4v) is 6.30. The first-order valence-corrected chi connectivity index (χ1v) is 11.3. The van der Waals surface area contributed by atoms with Crippen LogP contribution in [-0.4, -0.2) is 43.3 Å². The molecule has 0 saturated carbocycles. The second-order valence-electron chi connectivity index (χ2n) is 8.30. The van der Waals surface area contributed by atoms with Gasteiger partial charge in [-0.3, -0.25) is 4.90 Å². The van der Waals surface area contributed by atoms with Gasteiger partial charge in [0.1, 0.15) is 5.82 Å². The van der Waals surface area contributed by atoms with Crippen molar-refractivity contribution < 1.29 is 12.8 Å². The Morgan fingerprint density at radius 3 is 2.32 bits per heavy atom. The summed E-state index contributed by atoms with van der Waals surface area (Å²) in [4.78, 5) is 2.55. The highest BCUT2D eigenvalue weighted by atomic mass is 32.2. The minimum atomic E-state index is -3.65. The summed E-state index contributed by atoms with van der Waals surface area (Å²) in [6, 6.07) is 16.6. The summed E-state index contributed by atoms with van der Waals surface area (Å²) in [6.07, 6.45) is 1.65. The molecule has 2 aliphatic heterocycles. The number of piperidine rings is 1. The Hall–Kier alpha value is -1.76. The highest BCUT2D eigenvalue weighted by Gasteiger charge is 2.55. The van der Waals surface area contributed by atoms with E-state index >= 15 is 0 Å². The van der Waals surface area contributed by atoms with E-state index in [2.05, 4.69) is 43.0 Å². The predicted octanol–water partition coefficient (Wildman–Crippen LogP) is 4.06. The average Bonchev–Trinajstić information content (AvgIpc) is 2.67. The second kappa shape index (κ2) is 7.25. The van der Waals surface area contributed by atoms with E-state index < -0.39 is 15.8 Å². The van der Waals surface area contributed by atoms with Gasteiger partial charge < -0.3 is 0 Å². The normalized spacial score (nSPS) is 23.1. The molecule has 28 heavy (non-hydrogen) atoms. The molecule has 2 fully saturated rings. The van der Waals surface area contributed by atoms with Gasteiger partial charge in [0.25, 0.3) is 0 Å². The van der Waals surface area contributed by atoms with Crippen LogP contribution in [0.1, 0.15) is 38.3 Å². The van der Waals surface area contributed by atoms with Crippen LogP contribution in [0, 0.1) is 11.2 Å². The molecule has 1 atom stereocenters. The van der Waals surface area contributed by atoms with Crippen molar-refractivity contribution in [2.24, 2.45) is 5.41 Å². The quantitative estimate of drug-likeness (QED) is 0.774. The first-order valence-electron chi connectivity index (χ1n) is 9.90. The molecule has 150 valence electrons. The van der Waals surface area contributed by atoms with E-state index in [1.54, 1.807) is 0 Å². The number of sulfonamides is 1. The van der Waals surface area contributed by atoms with Gasteiger partial charge in [0, 0.05) is 37.1 Å². The van der Waals surface area contributed by atoms with Gasteiger partial charge in [0.2, 0.25) is 10.0 Å². The summed E-state index contributed by atoms with van der Waals surface area (Å²) in [7, 11) is -3.65. The lowest BCUT2D eigenvalue weighted by Crippen LogP contribution is -2.64. The third-order valence-electron chi connectivity index (χ3n) is 6.34. The van der Waals surface area contributed by atoms with Gasteiger partial charge in [-0.2, -0.15) is 4.31 Å². The van der Waals surface area contributed by atoms with Gasteiger partial charge in [-0.05, 0) is 50.5 Å². The Bertz CT molecular complexity index is 938. The molecule has 4 rings (SSSR count). The van der Waals surface area contributed by atoms with Crippen molar-refractivity contribution >= 4 is 10.0 Å². The average molecular weight is 403 g/mol. The molecule has 1 unspecified atom stereocenters. The number of benzene rings is 2. The lowest BCUT2D eigenvalue weighted by Gasteiger charge is -2.62. The van der Waals surface area contributed by atoms with E-state index in [0.717, 1.165) is 25.5 Å². The number of hydrogen-bond donors (Lipinski definition) is 0. The fraction of sp³-hybridized carbons (Fsp3) is 0.455. The van der Waals surface area contributed by atoms with Crippen molar-refractivity contribution in [2.75, 3.05) is 19.6 Å². The molecule has 1 spiro atoms. The molecule has 2 aromatic carbocycles. The van der Waals surface area contributed by atoms with Crippen molar-refractivity contribution in [2.45, 2.75) is 43.7 Å². The number of nitrogens with zero attached hydrogens (tertiary/aromatic N) is 2. The molecule has 0 aromatic heterocycles. The zero-order valence-corrected chi connectivity index (χ0v) is 17.2. The van der Waals surface area contributed by atoms with E-state index in [9.17, 15) is 12.8 Å². The monoisotopic (exact) mass is 402 g/mol. The number of halogens is 1. The summed E-state index contributed by atoms with van der Waals surface area (Å²) < 4.78 is 40.9. The summed E-state index contributed by atoms with van der Waals surface area (Å²) >= 11 is 0. The summed E-state index contributed by atoms with van der Waals surface area (Å²) in [5.74, 6) is -0.523. The van der Waals surface area contributed by atoms with Crippen molar-refractivity contribution in [1.82, 2.24) is 9.21 Å². The van der Waals surface area contributed by atoms with Gasteiger partial charge >= 0.3 is 0 Å². The Labute approximate surface area is 167 Å². The Kier molecular flexibility index (Phi) is 5.06. The van der Waals surface area contributed by atoms with Crippen LogP contribution >= 0.6 is 0 Å². The lowest BCUT2D eigenvalue weighted by molar-refractivity contribution is -0.121. The summed E-state index contributed by atoms with van der Waals surface area (Å²) in [6.45, 7) is 6.39. The van der Waals surface area contributed by atoms with Crippen LogP contribution in [0.4, 0.5) is 4.39 Å². The maximum Gasteiger partial charge on any atom is 0.243 e. The maximum atomic E-state index is 13.5. The second-order valence-corrected chi connectivity index (χ2v) is 10.2. The van der Waals surface area contributed by atoms with Gasteiger partial charge in [-0.15, -0.1) is 0 Å². The van der Waals surface area contributed by atoms with Gasteiger partial charge in [0.15, 0.2) is 0 Å². The SMILES string of the molecule is CC(C)N1CC2(CCN(S(=O)(=O)c3cccc(F)c3)CC2)C1c1ccccc1. The first kappa shape index (κ1) is 19.6. The third kappa shape index (κ3) is 3.27. The molecule has 2 aliphatic rings. The standard InChI is InChI=1S/C22H27FN2O2S/c1-17(2)25-16-22(21(25)18-7-4-3-5-8-18)11-13-24(14-12-22)28(26,27)20-10-6-9-19(23)15-20/h3-10,15,17,21H,11-14,16H2,1-2H3. The Morgan fingerprint density at radius 1 is 1.04 bits per heavy atom. The Balaban J connectivity index is 1.54. The van der Waals surface area contributed by atoms with Crippen LogP contribution in [0.25, 0.3) is 0 Å². The molecule has 0 radical (unpaired) electrons. The van der Waals surface area contributed by atoms with Crippen LogP contribution in [0.2, 0.25) is 0 Å². The third-order valence-corrected chi connectivity index (χ3v) is 8.23. The first-order chi connectivity index (χ1) is 13.3. The van der Waals surface area contributed by atoms with Gasteiger partial charge in [-0.1, -0.05) is 36.4 Å². The van der Waals surface area contributed by atoms with Gasteiger partial charge in [-0.25, -0.2) is 12.8 Å². The van der Waals surface area contributed by atoms with E-state index in [1.165, 1.54) is 28.1 Å². The van der Waals surface area contributed by atoms with Crippen molar-refractivity contribution in [3.05, 3.63) is 66.0 Å². The summed E-state index contributed by atoms with van der Waals surface area (Å²) in [5.41, 5.74) is 1.42. The molecule has 4 nitrogen and oxygen atoms in total. The van der Waals surface area contributed by atoms with E-state index in [4.69, 9.17) is 0 Å². The zero-order chi connectivity index (χ0) is 19.9. The number of rotatable bonds is 4. The topological polar surface area (TPSA) is 40.6 Å². The van der Waals surface area contributed by atoms with Crippen molar-refractivity contribution in [3.8, 4) is 0 Å². The molecule has 0 aliphatic carbocycles. The van der Waals surface area contributed by atoms with Crippen molar-refractivity contribution in [3.63, 3.8) is 0 Å². The molecule has 0 N–H and O–H groups in total. The Morgan fingerprint density at radius 2 is 1.71 bits per heavy atom. The molecular weight excluding hydrogens is 375 g/mol. The lowest BCUT2D eigenvalue weighted by atomic mass is 9.63. The number of hydrogen-bond acceptors (Lipinski definition) is 3. The van der Waals surface area contributed by atoms with Crippen LogP contribution < -0.4 is 0 Å². The molecule has 2 aromatic rings. The van der Waals surface area contributed by atoms with Crippen LogP contribution in [0.15, 0.2) is 59.5 Å². The highest BCUT2D eigenvalue weighted by Crippen LogP contribution is 2.56. The minimum Gasteiger partial charge on any atom is -0.293 e. The molecule has 2 heterocycles. The van der Waals surface area contributed by atoms with E-state index in [0.29, 0.717) is 25.2 Å². The summed E-state index contributed by atoms with van der Waals surface area (Å²) in [5, 5.41) is 0. The molecular formula is C22H27FN2O2S. The van der Waals surface area contributed by atoms with Gasteiger partial charge in [0.05, 0.1) is 4.90 Å². The van der Waals surface area contributed by atoms with E-state index in [-0.39, 0.29) is 10.3 Å². The molecule has 0 bridgehead atoms. The molecule has 6 heteroatoms. The smallest absolute Gasteiger partial charge is 0.243 e. The number of likely N-dealkylation sites (tertiary alicyclic amines) is 1.